The molecule has 0 amide bonds. The molecule has 0 radical (unpaired) electrons. The molecule has 0 aromatic carbocycles. The lowest BCUT2D eigenvalue weighted by atomic mass is 9.93. The van der Waals surface area contributed by atoms with E-state index in [4.69, 9.17) is 0 Å². The molecule has 1 aliphatic carbocycles. The maximum atomic E-state index is 4.39. The molecule has 2 fully saturated rings. The number of nitrogens with zero attached hydrogens (tertiary/aromatic N) is 3. The van der Waals surface area contributed by atoms with E-state index in [9.17, 15) is 0 Å². The van der Waals surface area contributed by atoms with Crippen molar-refractivity contribution < 1.29 is 0 Å². The van der Waals surface area contributed by atoms with Crippen molar-refractivity contribution in [2.45, 2.75) is 31.7 Å². The predicted octanol–water partition coefficient (Wildman–Crippen LogP) is 1.49. The molecule has 1 aromatic rings. The van der Waals surface area contributed by atoms with Gasteiger partial charge in [0.1, 0.15) is 18.0 Å². The second-order valence-electron chi connectivity index (χ2n) is 5.77. The first-order chi connectivity index (χ1) is 9.31. The molecular weight excluding hydrogens is 238 g/mol. The Morgan fingerprint density at radius 1 is 1.37 bits per heavy atom. The van der Waals surface area contributed by atoms with Crippen molar-refractivity contribution >= 4 is 11.6 Å². The molecule has 1 atom stereocenters. The van der Waals surface area contributed by atoms with Crippen LogP contribution >= 0.6 is 0 Å². The van der Waals surface area contributed by atoms with Crippen molar-refractivity contribution in [1.29, 1.82) is 0 Å². The highest BCUT2D eigenvalue weighted by Crippen LogP contribution is 2.23. The first-order valence-corrected chi connectivity index (χ1v) is 7.32. The summed E-state index contributed by atoms with van der Waals surface area (Å²) in [6, 6.07) is 2.69. The van der Waals surface area contributed by atoms with Gasteiger partial charge in [-0.05, 0) is 44.7 Å². The molecule has 19 heavy (non-hydrogen) atoms. The number of rotatable bonds is 5. The van der Waals surface area contributed by atoms with Crippen molar-refractivity contribution in [2.24, 2.45) is 5.92 Å². The number of nitrogens with one attached hydrogen (secondary N) is 2. The lowest BCUT2D eigenvalue weighted by Gasteiger charge is -2.27. The van der Waals surface area contributed by atoms with E-state index in [1.807, 2.05) is 0 Å². The summed E-state index contributed by atoms with van der Waals surface area (Å²) in [6.45, 7) is 3.34. The van der Waals surface area contributed by atoms with Gasteiger partial charge in [0.05, 0.1) is 0 Å². The van der Waals surface area contributed by atoms with E-state index in [1.165, 1.54) is 25.7 Å². The van der Waals surface area contributed by atoms with E-state index in [0.29, 0.717) is 6.04 Å². The van der Waals surface area contributed by atoms with Crippen LogP contribution < -0.4 is 15.5 Å². The Morgan fingerprint density at radius 3 is 2.95 bits per heavy atom. The minimum Gasteiger partial charge on any atom is -0.367 e. The van der Waals surface area contributed by atoms with Crippen LogP contribution in [0.3, 0.4) is 0 Å². The Labute approximate surface area is 114 Å². The van der Waals surface area contributed by atoms with E-state index in [1.54, 1.807) is 6.33 Å². The third-order valence-electron chi connectivity index (χ3n) is 4.20. The van der Waals surface area contributed by atoms with Gasteiger partial charge >= 0.3 is 0 Å². The van der Waals surface area contributed by atoms with Gasteiger partial charge in [-0.3, -0.25) is 0 Å². The van der Waals surface area contributed by atoms with Gasteiger partial charge in [-0.25, -0.2) is 9.97 Å². The molecule has 2 aliphatic rings. The van der Waals surface area contributed by atoms with Crippen molar-refractivity contribution in [3.8, 4) is 0 Å². The van der Waals surface area contributed by atoms with Crippen LogP contribution in [0.15, 0.2) is 12.4 Å². The fraction of sp³-hybridized carbons (Fsp3) is 0.714. The van der Waals surface area contributed by atoms with Gasteiger partial charge < -0.3 is 15.5 Å². The zero-order chi connectivity index (χ0) is 13.1. The van der Waals surface area contributed by atoms with Gasteiger partial charge in [-0.2, -0.15) is 0 Å². The normalized spacial score (nSPS) is 23.1. The molecule has 2 heterocycles. The summed E-state index contributed by atoms with van der Waals surface area (Å²) >= 11 is 0. The molecule has 1 saturated heterocycles. The summed E-state index contributed by atoms with van der Waals surface area (Å²) in [4.78, 5) is 10.9. The highest BCUT2D eigenvalue weighted by Gasteiger charge is 2.19. The van der Waals surface area contributed by atoms with E-state index in [2.05, 4.69) is 38.6 Å². The Balaban J connectivity index is 1.60. The zero-order valence-electron chi connectivity index (χ0n) is 11.6. The average Bonchev–Trinajstić information content (AvgIpc) is 2.87. The minimum absolute atomic E-state index is 0.618. The molecule has 3 rings (SSSR count). The SMILES string of the molecule is CN(CC1CCNC1)c1cc(NC2CCC2)ncn1. The van der Waals surface area contributed by atoms with Crippen LogP contribution in [0.25, 0.3) is 0 Å². The number of anilines is 2. The van der Waals surface area contributed by atoms with Gasteiger partial charge in [0.15, 0.2) is 0 Å². The van der Waals surface area contributed by atoms with Crippen molar-refractivity contribution in [3.63, 3.8) is 0 Å². The molecule has 5 heteroatoms. The van der Waals surface area contributed by atoms with Crippen LogP contribution in [0.2, 0.25) is 0 Å². The monoisotopic (exact) mass is 261 g/mol. The fourth-order valence-electron chi connectivity index (χ4n) is 2.75. The van der Waals surface area contributed by atoms with Gasteiger partial charge in [0.2, 0.25) is 0 Å². The van der Waals surface area contributed by atoms with Crippen LogP contribution in [0.5, 0.6) is 0 Å². The largest absolute Gasteiger partial charge is 0.367 e. The Bertz CT molecular complexity index is 412. The molecular formula is C14H23N5. The predicted molar refractivity (Wildman–Crippen MR) is 77.5 cm³/mol. The van der Waals surface area contributed by atoms with E-state index in [-0.39, 0.29) is 0 Å². The first-order valence-electron chi connectivity index (χ1n) is 7.32. The quantitative estimate of drug-likeness (QED) is 0.841. The fourth-order valence-corrected chi connectivity index (χ4v) is 2.75. The second kappa shape index (κ2) is 5.74. The molecule has 2 N–H and O–H groups in total. The van der Waals surface area contributed by atoms with Crippen LogP contribution in [0, 0.1) is 5.92 Å². The van der Waals surface area contributed by atoms with Gasteiger partial charge in [0, 0.05) is 25.7 Å². The number of hydrogen-bond donors (Lipinski definition) is 2. The topological polar surface area (TPSA) is 53.1 Å². The molecule has 0 spiro atoms. The molecule has 1 unspecified atom stereocenters. The van der Waals surface area contributed by atoms with Crippen molar-refractivity contribution in [1.82, 2.24) is 15.3 Å². The summed E-state index contributed by atoms with van der Waals surface area (Å²) in [6.07, 6.45) is 6.80. The maximum absolute atomic E-state index is 4.39. The van der Waals surface area contributed by atoms with Crippen molar-refractivity contribution in [3.05, 3.63) is 12.4 Å². The number of hydrogen-bond acceptors (Lipinski definition) is 5. The summed E-state index contributed by atoms with van der Waals surface area (Å²) in [5, 5.41) is 6.89. The van der Waals surface area contributed by atoms with E-state index < -0.39 is 0 Å². The molecule has 0 bridgehead atoms. The third kappa shape index (κ3) is 3.15. The summed E-state index contributed by atoms with van der Waals surface area (Å²) < 4.78 is 0. The van der Waals surface area contributed by atoms with E-state index in [0.717, 1.165) is 37.2 Å². The van der Waals surface area contributed by atoms with Crippen LogP contribution in [0.1, 0.15) is 25.7 Å². The van der Waals surface area contributed by atoms with Crippen LogP contribution in [-0.2, 0) is 0 Å². The van der Waals surface area contributed by atoms with Gasteiger partial charge in [0.25, 0.3) is 0 Å². The summed E-state index contributed by atoms with van der Waals surface area (Å²) in [5.74, 6) is 2.72. The Hall–Kier alpha value is -1.36. The summed E-state index contributed by atoms with van der Waals surface area (Å²) in [5.41, 5.74) is 0. The standard InChI is InChI=1S/C14H23N5/c1-19(9-11-5-6-15-8-11)14-7-13(16-10-17-14)18-12-3-2-4-12/h7,10-12,15H,2-6,8-9H2,1H3,(H,16,17,18). The maximum Gasteiger partial charge on any atom is 0.133 e. The third-order valence-corrected chi connectivity index (χ3v) is 4.20. The molecule has 5 nitrogen and oxygen atoms in total. The summed E-state index contributed by atoms with van der Waals surface area (Å²) in [7, 11) is 2.12. The molecule has 1 aromatic heterocycles. The Kier molecular flexibility index (Phi) is 3.82. The van der Waals surface area contributed by atoms with Gasteiger partial charge in [-0.1, -0.05) is 0 Å². The zero-order valence-corrected chi connectivity index (χ0v) is 11.6. The molecule has 1 saturated carbocycles. The molecule has 1 aliphatic heterocycles. The van der Waals surface area contributed by atoms with Crippen LogP contribution in [-0.4, -0.2) is 42.7 Å². The second-order valence-corrected chi connectivity index (χ2v) is 5.77. The first kappa shape index (κ1) is 12.7. The molecule has 104 valence electrons. The van der Waals surface area contributed by atoms with Crippen molar-refractivity contribution in [2.75, 3.05) is 36.9 Å². The van der Waals surface area contributed by atoms with Crippen LogP contribution in [0.4, 0.5) is 11.6 Å². The lowest BCUT2D eigenvalue weighted by Crippen LogP contribution is -2.29. The Morgan fingerprint density at radius 2 is 2.26 bits per heavy atom. The highest BCUT2D eigenvalue weighted by molar-refractivity contribution is 5.48. The lowest BCUT2D eigenvalue weighted by molar-refractivity contribution is 0.444. The highest BCUT2D eigenvalue weighted by atomic mass is 15.2. The van der Waals surface area contributed by atoms with E-state index >= 15 is 0 Å². The van der Waals surface area contributed by atoms with Gasteiger partial charge in [-0.15, -0.1) is 0 Å². The smallest absolute Gasteiger partial charge is 0.133 e. The number of aromatic nitrogens is 2. The average molecular weight is 261 g/mol. The minimum atomic E-state index is 0.618.